The smallest absolute Gasteiger partial charge is 0.270 e. The van der Waals surface area contributed by atoms with Crippen LogP contribution in [-0.4, -0.2) is 33.8 Å². The maximum absolute atomic E-state index is 12.1. The molecular formula is C15H20N4O2. The number of pyridine rings is 1. The van der Waals surface area contributed by atoms with Crippen LogP contribution in [0.1, 0.15) is 28.8 Å². The summed E-state index contributed by atoms with van der Waals surface area (Å²) in [6.45, 7) is 6.51. The zero-order chi connectivity index (χ0) is 15.4. The lowest BCUT2D eigenvalue weighted by molar-refractivity contribution is 0.0930. The van der Waals surface area contributed by atoms with E-state index in [9.17, 15) is 4.79 Å². The van der Waals surface area contributed by atoms with Crippen LogP contribution >= 0.6 is 0 Å². The molecule has 0 aliphatic carbocycles. The number of hydrogen-bond donors (Lipinski definition) is 1. The number of aromatic nitrogens is 3. The maximum atomic E-state index is 12.1. The maximum Gasteiger partial charge on any atom is 0.270 e. The Kier molecular flexibility index (Phi) is 4.57. The molecule has 1 N–H and O–H groups in total. The van der Waals surface area contributed by atoms with Gasteiger partial charge in [-0.05, 0) is 32.9 Å². The lowest BCUT2D eigenvalue weighted by atomic mass is 10.2. The highest BCUT2D eigenvalue weighted by molar-refractivity contribution is 5.92. The minimum absolute atomic E-state index is 0.0523. The fraction of sp³-hybridized carbons (Fsp3) is 0.400. The summed E-state index contributed by atoms with van der Waals surface area (Å²) < 4.78 is 6.98. The highest BCUT2D eigenvalue weighted by atomic mass is 16.5. The quantitative estimate of drug-likeness (QED) is 0.909. The van der Waals surface area contributed by atoms with E-state index in [2.05, 4.69) is 15.4 Å². The van der Waals surface area contributed by atoms with Crippen molar-refractivity contribution in [3.63, 3.8) is 0 Å². The van der Waals surface area contributed by atoms with Gasteiger partial charge in [0.1, 0.15) is 11.4 Å². The lowest BCUT2D eigenvalue weighted by Gasteiger charge is -2.15. The fourth-order valence-electron chi connectivity index (χ4n) is 2.12. The van der Waals surface area contributed by atoms with Crippen molar-refractivity contribution in [3.05, 3.63) is 41.5 Å². The summed E-state index contributed by atoms with van der Waals surface area (Å²) in [6.07, 6.45) is 1.55. The monoisotopic (exact) mass is 288 g/mol. The molecule has 0 radical (unpaired) electrons. The van der Waals surface area contributed by atoms with Crippen LogP contribution in [0.25, 0.3) is 0 Å². The number of hydrogen-bond acceptors (Lipinski definition) is 4. The van der Waals surface area contributed by atoms with E-state index in [4.69, 9.17) is 4.74 Å². The molecule has 1 amide bonds. The molecule has 2 aromatic rings. The highest BCUT2D eigenvalue weighted by Gasteiger charge is 2.13. The Morgan fingerprint density at radius 3 is 2.81 bits per heavy atom. The number of carbonyl (C=O) groups is 1. The lowest BCUT2D eigenvalue weighted by Crippen LogP contribution is -2.36. The predicted molar refractivity (Wildman–Crippen MR) is 79.4 cm³/mol. The van der Waals surface area contributed by atoms with E-state index in [1.807, 2.05) is 31.5 Å². The van der Waals surface area contributed by atoms with Gasteiger partial charge in [-0.3, -0.25) is 14.5 Å². The average molecular weight is 288 g/mol. The topological polar surface area (TPSA) is 69.0 Å². The Balaban J connectivity index is 2.00. The van der Waals surface area contributed by atoms with Crippen LogP contribution in [0.2, 0.25) is 0 Å². The summed E-state index contributed by atoms with van der Waals surface area (Å²) in [5.74, 6) is 0.393. The number of nitrogens with zero attached hydrogens (tertiary/aromatic N) is 3. The van der Waals surface area contributed by atoms with Crippen molar-refractivity contribution in [1.82, 2.24) is 20.1 Å². The van der Waals surface area contributed by atoms with Crippen LogP contribution in [0, 0.1) is 13.8 Å². The van der Waals surface area contributed by atoms with Crippen molar-refractivity contribution in [3.8, 4) is 5.75 Å². The molecule has 0 bridgehead atoms. The molecule has 0 aromatic carbocycles. The second-order valence-corrected chi connectivity index (χ2v) is 5.06. The Labute approximate surface area is 124 Å². The summed E-state index contributed by atoms with van der Waals surface area (Å²) in [5, 5.41) is 7.30. The van der Waals surface area contributed by atoms with Crippen molar-refractivity contribution in [2.24, 2.45) is 0 Å². The van der Waals surface area contributed by atoms with E-state index < -0.39 is 0 Å². The average Bonchev–Trinajstić information content (AvgIpc) is 2.76. The number of nitrogens with one attached hydrogen (secondary N) is 1. The predicted octanol–water partition coefficient (Wildman–Crippen LogP) is 1.72. The molecule has 0 aliphatic rings. The molecular weight excluding hydrogens is 268 g/mol. The zero-order valence-corrected chi connectivity index (χ0v) is 12.8. The highest BCUT2D eigenvalue weighted by Crippen LogP contribution is 2.10. The van der Waals surface area contributed by atoms with Gasteiger partial charge < -0.3 is 10.1 Å². The number of rotatable bonds is 5. The van der Waals surface area contributed by atoms with E-state index in [-0.39, 0.29) is 11.9 Å². The Hall–Kier alpha value is -2.37. The van der Waals surface area contributed by atoms with Crippen molar-refractivity contribution in [2.45, 2.75) is 33.4 Å². The first-order valence-corrected chi connectivity index (χ1v) is 6.81. The van der Waals surface area contributed by atoms with Crippen LogP contribution in [-0.2, 0) is 6.54 Å². The summed E-state index contributed by atoms with van der Waals surface area (Å²) in [5.41, 5.74) is 2.39. The van der Waals surface area contributed by atoms with Gasteiger partial charge in [-0.1, -0.05) is 0 Å². The summed E-state index contributed by atoms with van der Waals surface area (Å²) >= 11 is 0. The second-order valence-electron chi connectivity index (χ2n) is 5.06. The molecule has 2 heterocycles. The van der Waals surface area contributed by atoms with Gasteiger partial charge in [0.15, 0.2) is 0 Å². The molecule has 112 valence electrons. The number of amides is 1. The number of carbonyl (C=O) groups excluding carboxylic acids is 1. The van der Waals surface area contributed by atoms with Crippen molar-refractivity contribution in [2.75, 3.05) is 7.11 Å². The van der Waals surface area contributed by atoms with E-state index in [0.717, 1.165) is 11.4 Å². The molecule has 1 unspecified atom stereocenters. The fourth-order valence-corrected chi connectivity index (χ4v) is 2.12. The molecule has 6 heteroatoms. The van der Waals surface area contributed by atoms with Gasteiger partial charge in [-0.15, -0.1) is 0 Å². The minimum atomic E-state index is -0.220. The number of methoxy groups -OCH3 is 1. The Bertz CT molecular complexity index is 636. The van der Waals surface area contributed by atoms with Gasteiger partial charge >= 0.3 is 0 Å². The molecule has 0 fully saturated rings. The largest absolute Gasteiger partial charge is 0.497 e. The van der Waals surface area contributed by atoms with Gasteiger partial charge in [0, 0.05) is 24.0 Å². The third-order valence-electron chi connectivity index (χ3n) is 3.13. The van der Waals surface area contributed by atoms with Crippen molar-refractivity contribution in [1.29, 1.82) is 0 Å². The normalized spacial score (nSPS) is 12.0. The molecule has 0 saturated heterocycles. The van der Waals surface area contributed by atoms with Crippen LogP contribution in [0.15, 0.2) is 24.4 Å². The van der Waals surface area contributed by atoms with Crippen LogP contribution < -0.4 is 10.1 Å². The van der Waals surface area contributed by atoms with Gasteiger partial charge in [-0.25, -0.2) is 0 Å². The molecule has 2 rings (SSSR count). The molecule has 0 saturated carbocycles. The van der Waals surface area contributed by atoms with Crippen molar-refractivity contribution < 1.29 is 9.53 Å². The SMILES string of the molecule is COc1ccnc(C(=O)NC(C)Cn2nc(C)cc2C)c1. The molecule has 0 spiro atoms. The van der Waals surface area contributed by atoms with Crippen molar-refractivity contribution >= 4 is 5.91 Å². The number of ether oxygens (including phenoxy) is 1. The Morgan fingerprint density at radius 1 is 1.43 bits per heavy atom. The number of aryl methyl sites for hydroxylation is 2. The van der Waals surface area contributed by atoms with Crippen LogP contribution in [0.4, 0.5) is 0 Å². The Morgan fingerprint density at radius 2 is 2.19 bits per heavy atom. The van der Waals surface area contributed by atoms with Gasteiger partial charge in [0.05, 0.1) is 19.3 Å². The third kappa shape index (κ3) is 3.81. The van der Waals surface area contributed by atoms with Gasteiger partial charge in [0.2, 0.25) is 0 Å². The van der Waals surface area contributed by atoms with E-state index in [1.54, 1.807) is 25.4 Å². The first kappa shape index (κ1) is 15.0. The van der Waals surface area contributed by atoms with Gasteiger partial charge in [-0.2, -0.15) is 5.10 Å². The summed E-state index contributed by atoms with van der Waals surface area (Å²) in [4.78, 5) is 16.2. The van der Waals surface area contributed by atoms with E-state index in [1.165, 1.54) is 0 Å². The van der Waals surface area contributed by atoms with Gasteiger partial charge in [0.25, 0.3) is 5.91 Å². The first-order valence-electron chi connectivity index (χ1n) is 6.81. The summed E-state index contributed by atoms with van der Waals surface area (Å²) in [6, 6.07) is 5.28. The van der Waals surface area contributed by atoms with Crippen LogP contribution in [0.3, 0.4) is 0 Å². The standard InChI is InChI=1S/C15H20N4O2/c1-10-7-12(3)19(18-10)9-11(2)17-15(20)14-8-13(21-4)5-6-16-14/h5-8,11H,9H2,1-4H3,(H,17,20). The first-order chi connectivity index (χ1) is 9.99. The zero-order valence-electron chi connectivity index (χ0n) is 12.8. The molecule has 0 aliphatic heterocycles. The molecule has 21 heavy (non-hydrogen) atoms. The third-order valence-corrected chi connectivity index (χ3v) is 3.13. The molecule has 1 atom stereocenters. The second kappa shape index (κ2) is 6.39. The van der Waals surface area contributed by atoms with E-state index in [0.29, 0.717) is 18.0 Å². The molecule has 2 aromatic heterocycles. The summed E-state index contributed by atoms with van der Waals surface area (Å²) in [7, 11) is 1.56. The van der Waals surface area contributed by atoms with Crippen LogP contribution in [0.5, 0.6) is 5.75 Å². The van der Waals surface area contributed by atoms with E-state index >= 15 is 0 Å². The molecule has 6 nitrogen and oxygen atoms in total. The minimum Gasteiger partial charge on any atom is -0.497 e.